The van der Waals surface area contributed by atoms with Crippen molar-refractivity contribution in [3.63, 3.8) is 0 Å². The Labute approximate surface area is 123 Å². The van der Waals surface area contributed by atoms with Gasteiger partial charge in [-0.25, -0.2) is 0 Å². The van der Waals surface area contributed by atoms with Gasteiger partial charge < -0.3 is 10.5 Å². The van der Waals surface area contributed by atoms with E-state index in [1.54, 1.807) is 23.9 Å². The summed E-state index contributed by atoms with van der Waals surface area (Å²) in [6.07, 6.45) is 0.265. The molecule has 0 aliphatic rings. The molecule has 0 aliphatic heterocycles. The molecular weight excluding hydrogens is 270 g/mol. The lowest BCUT2D eigenvalue weighted by atomic mass is 10.1. The van der Waals surface area contributed by atoms with Crippen LogP contribution in [0, 0.1) is 0 Å². The maximum Gasteiger partial charge on any atom is 0.310 e. The Hall–Kier alpha value is -1.94. The van der Waals surface area contributed by atoms with Gasteiger partial charge in [0.15, 0.2) is 0 Å². The third kappa shape index (κ3) is 4.97. The zero-order chi connectivity index (χ0) is 14.2. The van der Waals surface area contributed by atoms with Crippen molar-refractivity contribution in [3.8, 4) is 0 Å². The molecule has 0 spiro atoms. The number of esters is 1. The molecule has 3 nitrogen and oxygen atoms in total. The largest absolute Gasteiger partial charge is 0.465 e. The van der Waals surface area contributed by atoms with Gasteiger partial charge in [-0.05, 0) is 29.8 Å². The molecule has 0 saturated heterocycles. The van der Waals surface area contributed by atoms with Gasteiger partial charge in [-0.15, -0.1) is 11.8 Å². The molecule has 2 N–H and O–H groups in total. The zero-order valence-corrected chi connectivity index (χ0v) is 11.9. The molecule has 4 heteroatoms. The SMILES string of the molecule is Nc1cccc(CC(=O)OCCSc2ccccc2)c1. The molecule has 0 saturated carbocycles. The normalized spacial score (nSPS) is 10.2. The van der Waals surface area contributed by atoms with Crippen molar-refractivity contribution in [1.29, 1.82) is 0 Å². The van der Waals surface area contributed by atoms with E-state index in [0.29, 0.717) is 12.3 Å². The van der Waals surface area contributed by atoms with Gasteiger partial charge in [-0.1, -0.05) is 30.3 Å². The summed E-state index contributed by atoms with van der Waals surface area (Å²) in [5.74, 6) is 0.538. The van der Waals surface area contributed by atoms with Crippen molar-refractivity contribution in [2.24, 2.45) is 0 Å². The first-order valence-corrected chi connectivity index (χ1v) is 7.40. The van der Waals surface area contributed by atoms with Crippen LogP contribution in [0.3, 0.4) is 0 Å². The number of nitrogen functional groups attached to an aromatic ring is 1. The van der Waals surface area contributed by atoms with E-state index in [1.807, 2.05) is 42.5 Å². The maximum absolute atomic E-state index is 11.7. The first kappa shape index (κ1) is 14.5. The fraction of sp³-hybridized carbons (Fsp3) is 0.188. The maximum atomic E-state index is 11.7. The highest BCUT2D eigenvalue weighted by atomic mass is 32.2. The van der Waals surface area contributed by atoms with E-state index in [-0.39, 0.29) is 12.4 Å². The van der Waals surface area contributed by atoms with Gasteiger partial charge in [0.2, 0.25) is 0 Å². The number of carbonyl (C=O) groups is 1. The molecule has 0 fully saturated rings. The summed E-state index contributed by atoms with van der Waals surface area (Å²) in [4.78, 5) is 12.8. The van der Waals surface area contributed by atoms with Gasteiger partial charge in [-0.3, -0.25) is 4.79 Å². The second kappa shape index (κ2) is 7.60. The number of carbonyl (C=O) groups excluding carboxylic acids is 1. The second-order valence-corrected chi connectivity index (χ2v) is 5.47. The molecule has 2 rings (SSSR count). The lowest BCUT2D eigenvalue weighted by Gasteiger charge is -2.05. The number of ether oxygens (including phenoxy) is 1. The molecule has 0 amide bonds. The smallest absolute Gasteiger partial charge is 0.310 e. The number of anilines is 1. The summed E-state index contributed by atoms with van der Waals surface area (Å²) >= 11 is 1.67. The minimum absolute atomic E-state index is 0.218. The molecular formula is C16H17NO2S. The molecule has 0 atom stereocenters. The molecule has 2 aromatic rings. The van der Waals surface area contributed by atoms with Crippen molar-refractivity contribution >= 4 is 23.4 Å². The van der Waals surface area contributed by atoms with Crippen LogP contribution in [0.4, 0.5) is 5.69 Å². The summed E-state index contributed by atoms with van der Waals surface area (Å²) in [5.41, 5.74) is 7.21. The van der Waals surface area contributed by atoms with Crippen LogP contribution in [0.5, 0.6) is 0 Å². The Morgan fingerprint density at radius 2 is 1.90 bits per heavy atom. The fourth-order valence-electron chi connectivity index (χ4n) is 1.75. The van der Waals surface area contributed by atoms with Gasteiger partial charge in [0, 0.05) is 16.3 Å². The molecule has 104 valence electrons. The number of thioether (sulfide) groups is 1. The van der Waals surface area contributed by atoms with Crippen molar-refractivity contribution in [2.75, 3.05) is 18.1 Å². The molecule has 0 bridgehead atoms. The number of hydrogen-bond acceptors (Lipinski definition) is 4. The third-order valence-electron chi connectivity index (χ3n) is 2.66. The van der Waals surface area contributed by atoms with Crippen molar-refractivity contribution in [3.05, 3.63) is 60.2 Å². The van der Waals surface area contributed by atoms with E-state index in [0.717, 1.165) is 11.3 Å². The van der Waals surface area contributed by atoms with Crippen LogP contribution in [0.2, 0.25) is 0 Å². The van der Waals surface area contributed by atoms with Crippen molar-refractivity contribution < 1.29 is 9.53 Å². The van der Waals surface area contributed by atoms with Gasteiger partial charge in [0.25, 0.3) is 0 Å². The zero-order valence-electron chi connectivity index (χ0n) is 11.1. The van der Waals surface area contributed by atoms with Crippen molar-refractivity contribution in [1.82, 2.24) is 0 Å². The molecule has 2 aromatic carbocycles. The Bertz CT molecular complexity index is 557. The number of hydrogen-bond donors (Lipinski definition) is 1. The predicted molar refractivity (Wildman–Crippen MR) is 82.7 cm³/mol. The highest BCUT2D eigenvalue weighted by molar-refractivity contribution is 7.99. The number of rotatable bonds is 6. The van der Waals surface area contributed by atoms with Crippen LogP contribution in [-0.4, -0.2) is 18.3 Å². The van der Waals surface area contributed by atoms with Gasteiger partial charge >= 0.3 is 5.97 Å². The van der Waals surface area contributed by atoms with Gasteiger partial charge in [0.1, 0.15) is 6.61 Å². The molecule has 0 aromatic heterocycles. The quantitative estimate of drug-likeness (QED) is 0.384. The topological polar surface area (TPSA) is 52.3 Å². The predicted octanol–water partition coefficient (Wildman–Crippen LogP) is 3.15. The van der Waals surface area contributed by atoms with Crippen molar-refractivity contribution in [2.45, 2.75) is 11.3 Å². The number of nitrogens with two attached hydrogens (primary N) is 1. The number of benzene rings is 2. The summed E-state index contributed by atoms with van der Waals surface area (Å²) in [5, 5.41) is 0. The Kier molecular flexibility index (Phi) is 5.50. The molecule has 0 heterocycles. The summed E-state index contributed by atoms with van der Waals surface area (Å²) in [7, 11) is 0. The van der Waals surface area contributed by atoms with Crippen LogP contribution in [0.15, 0.2) is 59.5 Å². The van der Waals surface area contributed by atoms with E-state index < -0.39 is 0 Å². The van der Waals surface area contributed by atoms with E-state index >= 15 is 0 Å². The standard InChI is InChI=1S/C16H17NO2S/c17-14-6-4-5-13(11-14)12-16(18)19-9-10-20-15-7-2-1-3-8-15/h1-8,11H,9-10,12,17H2. The summed E-state index contributed by atoms with van der Waals surface area (Å²) in [6.45, 7) is 0.417. The van der Waals surface area contributed by atoms with E-state index in [4.69, 9.17) is 10.5 Å². The minimum Gasteiger partial charge on any atom is -0.465 e. The van der Waals surface area contributed by atoms with Gasteiger partial charge in [-0.2, -0.15) is 0 Å². The van der Waals surface area contributed by atoms with Gasteiger partial charge in [0.05, 0.1) is 6.42 Å². The summed E-state index contributed by atoms with van der Waals surface area (Å²) < 4.78 is 5.21. The van der Waals surface area contributed by atoms with Crippen LogP contribution >= 0.6 is 11.8 Å². The summed E-state index contributed by atoms with van der Waals surface area (Å²) in [6, 6.07) is 17.3. The lowest BCUT2D eigenvalue weighted by Crippen LogP contribution is -2.10. The van der Waals surface area contributed by atoms with Crippen LogP contribution in [-0.2, 0) is 16.0 Å². The Morgan fingerprint density at radius 1 is 1.10 bits per heavy atom. The van der Waals surface area contributed by atoms with E-state index in [1.165, 1.54) is 4.90 Å². The lowest BCUT2D eigenvalue weighted by molar-refractivity contribution is -0.142. The average Bonchev–Trinajstić information content (AvgIpc) is 2.45. The molecule has 0 aliphatic carbocycles. The minimum atomic E-state index is -0.218. The average molecular weight is 287 g/mol. The molecule has 20 heavy (non-hydrogen) atoms. The van der Waals surface area contributed by atoms with Crippen LogP contribution in [0.25, 0.3) is 0 Å². The highest BCUT2D eigenvalue weighted by Crippen LogP contribution is 2.16. The second-order valence-electron chi connectivity index (χ2n) is 4.30. The van der Waals surface area contributed by atoms with E-state index in [2.05, 4.69) is 0 Å². The first-order valence-electron chi connectivity index (χ1n) is 6.42. The molecule has 0 unspecified atom stereocenters. The monoisotopic (exact) mass is 287 g/mol. The Morgan fingerprint density at radius 3 is 2.65 bits per heavy atom. The first-order chi connectivity index (χ1) is 9.74. The Balaban J connectivity index is 1.68. The van der Waals surface area contributed by atoms with Crippen LogP contribution in [0.1, 0.15) is 5.56 Å². The fourth-order valence-corrected chi connectivity index (χ4v) is 2.50. The third-order valence-corrected chi connectivity index (χ3v) is 3.63. The molecule has 0 radical (unpaired) electrons. The highest BCUT2D eigenvalue weighted by Gasteiger charge is 2.05. The van der Waals surface area contributed by atoms with Crippen LogP contribution < -0.4 is 5.73 Å². The van der Waals surface area contributed by atoms with E-state index in [9.17, 15) is 4.79 Å².